The van der Waals surface area contributed by atoms with E-state index in [1.54, 1.807) is 0 Å². The highest BCUT2D eigenvalue weighted by molar-refractivity contribution is 5.80. The first-order valence-corrected chi connectivity index (χ1v) is 7.98. The van der Waals surface area contributed by atoms with Gasteiger partial charge in [-0.1, -0.05) is 6.92 Å². The Kier molecular flexibility index (Phi) is 2.96. The molecule has 1 saturated carbocycles. The lowest BCUT2D eigenvalue weighted by Crippen LogP contribution is -2.31. The van der Waals surface area contributed by atoms with Crippen LogP contribution in [0.15, 0.2) is 18.2 Å². The first kappa shape index (κ1) is 13.1. The van der Waals surface area contributed by atoms with E-state index < -0.39 is 0 Å². The molecule has 0 bridgehead atoms. The van der Waals surface area contributed by atoms with Crippen LogP contribution in [0.3, 0.4) is 0 Å². The van der Waals surface area contributed by atoms with E-state index in [4.69, 9.17) is 15.5 Å². The molecule has 112 valence electrons. The molecule has 2 aliphatic rings. The van der Waals surface area contributed by atoms with Gasteiger partial charge in [0.1, 0.15) is 5.82 Å². The zero-order valence-corrected chi connectivity index (χ0v) is 12.6. The van der Waals surface area contributed by atoms with Gasteiger partial charge in [0.25, 0.3) is 0 Å². The molecule has 1 aromatic carbocycles. The summed E-state index contributed by atoms with van der Waals surface area (Å²) < 4.78 is 7.99. The Morgan fingerprint density at radius 1 is 1.33 bits per heavy atom. The fourth-order valence-corrected chi connectivity index (χ4v) is 3.39. The van der Waals surface area contributed by atoms with Gasteiger partial charge in [-0.25, -0.2) is 4.98 Å². The van der Waals surface area contributed by atoms with Crippen LogP contribution in [0.1, 0.15) is 44.3 Å². The first-order chi connectivity index (χ1) is 10.1. The molecular formula is C17H23N3O. The maximum Gasteiger partial charge on any atom is 0.113 e. The molecule has 21 heavy (non-hydrogen) atoms. The monoisotopic (exact) mass is 285 g/mol. The van der Waals surface area contributed by atoms with Crippen molar-refractivity contribution in [3.63, 3.8) is 0 Å². The Hall–Kier alpha value is -1.55. The summed E-state index contributed by atoms with van der Waals surface area (Å²) in [6.45, 7) is 5.20. The summed E-state index contributed by atoms with van der Waals surface area (Å²) in [4.78, 5) is 4.88. The molecule has 1 aromatic heterocycles. The van der Waals surface area contributed by atoms with Gasteiger partial charge in [0, 0.05) is 31.4 Å². The standard InChI is InChI=1S/C17H23N3O/c1-17(6-8-21-9-7-17)11-20-15-5-4-13(18)10-14(15)19-16(20)12-2-3-12/h4-5,10,12H,2-3,6-9,11,18H2,1H3. The maximum absolute atomic E-state index is 5.92. The molecule has 2 heterocycles. The van der Waals surface area contributed by atoms with Gasteiger partial charge in [0.05, 0.1) is 11.0 Å². The van der Waals surface area contributed by atoms with E-state index in [0.717, 1.165) is 43.8 Å². The molecule has 2 aromatic rings. The Balaban J connectivity index is 1.76. The predicted molar refractivity (Wildman–Crippen MR) is 84.3 cm³/mol. The van der Waals surface area contributed by atoms with Gasteiger partial charge < -0.3 is 15.0 Å². The molecule has 1 saturated heterocycles. The van der Waals surface area contributed by atoms with Crippen molar-refractivity contribution in [1.82, 2.24) is 9.55 Å². The number of aromatic nitrogens is 2. The first-order valence-electron chi connectivity index (χ1n) is 7.98. The summed E-state index contributed by atoms with van der Waals surface area (Å²) >= 11 is 0. The molecule has 0 spiro atoms. The molecule has 0 unspecified atom stereocenters. The van der Waals surface area contributed by atoms with Gasteiger partial charge in [-0.05, 0) is 49.3 Å². The molecular weight excluding hydrogens is 262 g/mol. The number of hydrogen-bond donors (Lipinski definition) is 1. The van der Waals surface area contributed by atoms with Crippen LogP contribution in [-0.4, -0.2) is 22.8 Å². The van der Waals surface area contributed by atoms with Crippen LogP contribution in [0.4, 0.5) is 5.69 Å². The highest BCUT2D eigenvalue weighted by Gasteiger charge is 2.34. The number of fused-ring (bicyclic) bond motifs is 1. The van der Waals surface area contributed by atoms with Crippen molar-refractivity contribution in [2.24, 2.45) is 5.41 Å². The van der Waals surface area contributed by atoms with Crippen molar-refractivity contribution < 1.29 is 4.74 Å². The lowest BCUT2D eigenvalue weighted by molar-refractivity contribution is 0.0157. The average molecular weight is 285 g/mol. The Morgan fingerprint density at radius 2 is 2.10 bits per heavy atom. The lowest BCUT2D eigenvalue weighted by Gasteiger charge is -2.34. The Labute approximate surface area is 125 Å². The maximum atomic E-state index is 5.92. The Morgan fingerprint density at radius 3 is 2.81 bits per heavy atom. The van der Waals surface area contributed by atoms with Crippen molar-refractivity contribution in [2.45, 2.75) is 45.1 Å². The number of imidazole rings is 1. The highest BCUT2D eigenvalue weighted by atomic mass is 16.5. The summed E-state index contributed by atoms with van der Waals surface area (Å²) in [5.74, 6) is 1.92. The zero-order chi connectivity index (χ0) is 14.4. The van der Waals surface area contributed by atoms with Crippen LogP contribution in [0.25, 0.3) is 11.0 Å². The van der Waals surface area contributed by atoms with E-state index in [-0.39, 0.29) is 0 Å². The number of rotatable bonds is 3. The molecule has 0 amide bonds. The smallest absolute Gasteiger partial charge is 0.113 e. The van der Waals surface area contributed by atoms with Crippen molar-refractivity contribution >= 4 is 16.7 Å². The summed E-state index contributed by atoms with van der Waals surface area (Å²) in [7, 11) is 0. The Bertz CT molecular complexity index is 666. The number of anilines is 1. The van der Waals surface area contributed by atoms with E-state index in [1.807, 2.05) is 12.1 Å². The highest BCUT2D eigenvalue weighted by Crippen LogP contribution is 2.42. The molecule has 2 N–H and O–H groups in total. The minimum absolute atomic E-state index is 0.316. The van der Waals surface area contributed by atoms with Crippen LogP contribution in [0, 0.1) is 5.41 Å². The fraction of sp³-hybridized carbons (Fsp3) is 0.588. The van der Waals surface area contributed by atoms with Crippen molar-refractivity contribution in [2.75, 3.05) is 18.9 Å². The second kappa shape index (κ2) is 4.73. The van der Waals surface area contributed by atoms with E-state index in [9.17, 15) is 0 Å². The van der Waals surface area contributed by atoms with Crippen LogP contribution in [0.2, 0.25) is 0 Å². The quantitative estimate of drug-likeness (QED) is 0.880. The van der Waals surface area contributed by atoms with Crippen LogP contribution >= 0.6 is 0 Å². The number of nitrogen functional groups attached to an aromatic ring is 1. The average Bonchev–Trinajstić information content (AvgIpc) is 3.24. The van der Waals surface area contributed by atoms with E-state index in [1.165, 1.54) is 24.2 Å². The number of hydrogen-bond acceptors (Lipinski definition) is 3. The van der Waals surface area contributed by atoms with Gasteiger partial charge in [-0.3, -0.25) is 0 Å². The van der Waals surface area contributed by atoms with Gasteiger partial charge in [0.2, 0.25) is 0 Å². The second-order valence-corrected chi connectivity index (χ2v) is 7.00. The summed E-state index contributed by atoms with van der Waals surface area (Å²) in [6.07, 6.45) is 4.81. The SMILES string of the molecule is CC1(Cn2c(C3CC3)nc3cc(N)ccc32)CCOCC1. The minimum Gasteiger partial charge on any atom is -0.399 e. The molecule has 4 nitrogen and oxygen atoms in total. The number of ether oxygens (including phenoxy) is 1. The number of benzene rings is 1. The third-order valence-corrected chi connectivity index (χ3v) is 4.98. The topological polar surface area (TPSA) is 53.1 Å². The van der Waals surface area contributed by atoms with Crippen LogP contribution in [-0.2, 0) is 11.3 Å². The largest absolute Gasteiger partial charge is 0.399 e. The van der Waals surface area contributed by atoms with Gasteiger partial charge >= 0.3 is 0 Å². The number of nitrogens with zero attached hydrogens (tertiary/aromatic N) is 2. The van der Waals surface area contributed by atoms with Crippen molar-refractivity contribution in [3.05, 3.63) is 24.0 Å². The molecule has 1 aliphatic carbocycles. The second-order valence-electron chi connectivity index (χ2n) is 7.00. The zero-order valence-electron chi connectivity index (χ0n) is 12.6. The predicted octanol–water partition coefficient (Wildman–Crippen LogP) is 3.31. The lowest BCUT2D eigenvalue weighted by atomic mass is 9.82. The number of nitrogens with two attached hydrogens (primary N) is 1. The van der Waals surface area contributed by atoms with Crippen LogP contribution < -0.4 is 5.73 Å². The fourth-order valence-electron chi connectivity index (χ4n) is 3.39. The molecule has 0 radical (unpaired) electrons. The summed E-state index contributed by atoms with van der Waals surface area (Å²) in [5, 5.41) is 0. The van der Waals surface area contributed by atoms with Gasteiger partial charge in [0.15, 0.2) is 0 Å². The van der Waals surface area contributed by atoms with Crippen LogP contribution in [0.5, 0.6) is 0 Å². The summed E-state index contributed by atoms with van der Waals surface area (Å²) in [6, 6.07) is 6.12. The summed E-state index contributed by atoms with van der Waals surface area (Å²) in [5.41, 5.74) is 9.32. The van der Waals surface area contributed by atoms with Gasteiger partial charge in [-0.2, -0.15) is 0 Å². The molecule has 2 fully saturated rings. The third kappa shape index (κ3) is 2.42. The molecule has 4 heteroatoms. The molecule has 0 atom stereocenters. The normalized spacial score (nSPS) is 21.8. The third-order valence-electron chi connectivity index (χ3n) is 4.98. The van der Waals surface area contributed by atoms with E-state index in [0.29, 0.717) is 11.3 Å². The van der Waals surface area contributed by atoms with E-state index in [2.05, 4.69) is 17.6 Å². The molecule has 4 rings (SSSR count). The van der Waals surface area contributed by atoms with Gasteiger partial charge in [-0.15, -0.1) is 0 Å². The van der Waals surface area contributed by atoms with Crippen molar-refractivity contribution in [3.8, 4) is 0 Å². The minimum atomic E-state index is 0.316. The van der Waals surface area contributed by atoms with Crippen molar-refractivity contribution in [1.29, 1.82) is 0 Å². The molecule has 1 aliphatic heterocycles. The van der Waals surface area contributed by atoms with E-state index >= 15 is 0 Å².